The zero-order valence-electron chi connectivity index (χ0n) is 29.7. The van der Waals surface area contributed by atoms with E-state index in [1.165, 1.54) is 35.3 Å². The first-order chi connectivity index (χ1) is 22.6. The van der Waals surface area contributed by atoms with Gasteiger partial charge in [-0.15, -0.1) is 11.8 Å². The van der Waals surface area contributed by atoms with Crippen molar-refractivity contribution in [1.82, 2.24) is 4.90 Å². The Bertz CT molecular complexity index is 1400. The number of thioether (sulfide) groups is 1. The number of benzene rings is 3. The predicted octanol–water partition coefficient (Wildman–Crippen LogP) is 10.2. The standard InChI is InChI=1S/C41H57NO3SSi/c1-29(2)47(30(3)4,31(5)6)45-39-22-23-41-25-36(46-35-16-12-9-13-17-35)27-42(41)38(24-32-18-20-34(43-7)21-19-32)40(37(39)26-41)44-28-33-14-10-8-11-15-33/h8-21,29-31,36-40H,22-28H2,1-7H3/t36?,37-,38-,39+,40-,41+/m0/s1. The van der Waals surface area contributed by atoms with Gasteiger partial charge in [-0.2, -0.15) is 0 Å². The molecule has 4 nitrogen and oxygen atoms in total. The van der Waals surface area contributed by atoms with E-state index in [0.29, 0.717) is 34.4 Å². The van der Waals surface area contributed by atoms with Crippen molar-refractivity contribution >= 4 is 20.1 Å². The molecule has 2 bridgehead atoms. The van der Waals surface area contributed by atoms with Crippen LogP contribution in [0.3, 0.4) is 0 Å². The zero-order valence-corrected chi connectivity index (χ0v) is 31.5. The quantitative estimate of drug-likeness (QED) is 0.169. The van der Waals surface area contributed by atoms with Crippen LogP contribution >= 0.6 is 11.8 Å². The number of rotatable bonds is 13. The molecule has 0 radical (unpaired) electrons. The monoisotopic (exact) mass is 671 g/mol. The lowest BCUT2D eigenvalue weighted by atomic mass is 9.65. The Morgan fingerprint density at radius 2 is 1.45 bits per heavy atom. The Labute approximate surface area is 290 Å². The van der Waals surface area contributed by atoms with Crippen LogP contribution in [0, 0.1) is 5.92 Å². The van der Waals surface area contributed by atoms with Gasteiger partial charge in [0.05, 0.1) is 25.9 Å². The summed E-state index contributed by atoms with van der Waals surface area (Å²) in [7, 11) is -0.333. The molecule has 2 saturated heterocycles. The summed E-state index contributed by atoms with van der Waals surface area (Å²) in [5.41, 5.74) is 4.49. The first-order valence-corrected chi connectivity index (χ1v) is 21.1. The van der Waals surface area contributed by atoms with Gasteiger partial charge in [-0.1, -0.05) is 102 Å². The second-order valence-corrected chi connectivity index (χ2v) is 22.2. The van der Waals surface area contributed by atoms with E-state index < -0.39 is 8.32 Å². The van der Waals surface area contributed by atoms with Crippen molar-refractivity contribution in [1.29, 1.82) is 0 Å². The molecule has 1 aliphatic carbocycles. The number of methoxy groups -OCH3 is 1. The molecule has 0 amide bonds. The summed E-state index contributed by atoms with van der Waals surface area (Å²) in [5.74, 6) is 1.28. The molecule has 0 N–H and O–H groups in total. The summed E-state index contributed by atoms with van der Waals surface area (Å²) in [6, 6.07) is 30.8. The number of piperidine rings is 1. The van der Waals surface area contributed by atoms with Crippen LogP contribution in [0.1, 0.15) is 78.4 Å². The van der Waals surface area contributed by atoms with Gasteiger partial charge in [-0.05, 0) is 84.1 Å². The smallest absolute Gasteiger partial charge is 0.200 e. The number of fused-ring (bicyclic) bond motifs is 1. The van der Waals surface area contributed by atoms with Crippen LogP contribution in [-0.4, -0.2) is 55.9 Å². The summed E-state index contributed by atoms with van der Waals surface area (Å²) in [6.45, 7) is 16.3. The van der Waals surface area contributed by atoms with Gasteiger partial charge in [0.1, 0.15) is 5.75 Å². The Kier molecular flexibility index (Phi) is 10.9. The highest BCUT2D eigenvalue weighted by molar-refractivity contribution is 8.00. The molecule has 254 valence electrons. The molecule has 1 unspecified atom stereocenters. The molecular weight excluding hydrogens is 615 g/mol. The number of hydrogen-bond donors (Lipinski definition) is 0. The van der Waals surface area contributed by atoms with Gasteiger partial charge < -0.3 is 13.9 Å². The summed E-state index contributed by atoms with van der Waals surface area (Å²) < 4.78 is 20.5. The molecular formula is C41H57NO3SSi. The van der Waals surface area contributed by atoms with Crippen molar-refractivity contribution in [3.63, 3.8) is 0 Å². The fraction of sp³-hybridized carbons (Fsp3) is 0.561. The van der Waals surface area contributed by atoms with Gasteiger partial charge in [0.2, 0.25) is 8.32 Å². The lowest BCUT2D eigenvalue weighted by molar-refractivity contribution is -0.168. The maximum absolute atomic E-state index is 7.75. The molecule has 3 aromatic carbocycles. The molecule has 2 aliphatic heterocycles. The van der Waals surface area contributed by atoms with Crippen LogP contribution in [0.15, 0.2) is 89.8 Å². The third-order valence-corrected chi connectivity index (χ3v) is 19.1. The van der Waals surface area contributed by atoms with Gasteiger partial charge >= 0.3 is 0 Å². The van der Waals surface area contributed by atoms with E-state index in [9.17, 15) is 0 Å². The lowest BCUT2D eigenvalue weighted by Gasteiger charge is -2.60. The van der Waals surface area contributed by atoms with Crippen LogP contribution in [0.4, 0.5) is 0 Å². The Balaban J connectivity index is 1.38. The summed E-state index contributed by atoms with van der Waals surface area (Å²) in [5, 5.41) is 0.567. The van der Waals surface area contributed by atoms with E-state index in [1.54, 1.807) is 7.11 Å². The number of ether oxygens (including phenoxy) is 2. The second-order valence-electron chi connectivity index (χ2n) is 15.4. The topological polar surface area (TPSA) is 30.9 Å². The van der Waals surface area contributed by atoms with E-state index >= 15 is 0 Å². The summed E-state index contributed by atoms with van der Waals surface area (Å²) >= 11 is 2.08. The van der Waals surface area contributed by atoms with Crippen molar-refractivity contribution in [3.05, 3.63) is 96.1 Å². The van der Waals surface area contributed by atoms with Crippen LogP contribution < -0.4 is 4.74 Å². The van der Waals surface area contributed by atoms with Crippen LogP contribution in [0.2, 0.25) is 16.6 Å². The SMILES string of the molecule is COc1ccc(C[C@H]2[C@@H](OCc3ccccc3)[C@H]3C[C@@]4(CC[C@H]3O[Si](C(C)C)(C(C)C)C(C)C)CC(Sc3ccccc3)CN24)cc1. The van der Waals surface area contributed by atoms with Crippen molar-refractivity contribution in [2.75, 3.05) is 13.7 Å². The molecule has 6 rings (SSSR count). The van der Waals surface area contributed by atoms with E-state index in [0.717, 1.165) is 25.1 Å². The van der Waals surface area contributed by atoms with E-state index in [-0.39, 0.29) is 23.8 Å². The highest BCUT2D eigenvalue weighted by Gasteiger charge is 2.61. The van der Waals surface area contributed by atoms with Crippen LogP contribution in [0.25, 0.3) is 0 Å². The highest BCUT2D eigenvalue weighted by Crippen LogP contribution is 2.56. The van der Waals surface area contributed by atoms with Crippen molar-refractivity contribution in [3.8, 4) is 5.75 Å². The molecule has 47 heavy (non-hydrogen) atoms. The highest BCUT2D eigenvalue weighted by atomic mass is 32.2. The lowest BCUT2D eigenvalue weighted by Crippen LogP contribution is -2.68. The molecule has 3 fully saturated rings. The molecule has 6 atom stereocenters. The summed E-state index contributed by atoms with van der Waals surface area (Å²) in [6.07, 6.45) is 6.05. The molecule has 2 heterocycles. The van der Waals surface area contributed by atoms with Crippen LogP contribution in [-0.2, 0) is 22.2 Å². The molecule has 3 aromatic rings. The maximum Gasteiger partial charge on any atom is 0.200 e. The van der Waals surface area contributed by atoms with Gasteiger partial charge in [-0.25, -0.2) is 0 Å². The predicted molar refractivity (Wildman–Crippen MR) is 199 cm³/mol. The average Bonchev–Trinajstić information content (AvgIpc) is 3.41. The molecule has 1 saturated carbocycles. The number of hydrogen-bond acceptors (Lipinski definition) is 5. The third-order valence-electron chi connectivity index (χ3n) is 11.8. The van der Waals surface area contributed by atoms with E-state index in [4.69, 9.17) is 13.9 Å². The third kappa shape index (κ3) is 7.14. The van der Waals surface area contributed by atoms with E-state index in [1.807, 2.05) is 0 Å². The Hall–Kier alpha value is -2.09. The van der Waals surface area contributed by atoms with Crippen molar-refractivity contribution < 1.29 is 13.9 Å². The minimum absolute atomic E-state index is 0.0920. The molecule has 3 aliphatic rings. The first kappa shape index (κ1) is 34.8. The van der Waals surface area contributed by atoms with Gasteiger partial charge in [-0.3, -0.25) is 4.90 Å². The Morgan fingerprint density at radius 3 is 2.06 bits per heavy atom. The first-order valence-electron chi connectivity index (χ1n) is 18.1. The number of nitrogens with zero attached hydrogens (tertiary/aromatic N) is 1. The van der Waals surface area contributed by atoms with E-state index in [2.05, 4.69) is 143 Å². The fourth-order valence-corrected chi connectivity index (χ4v) is 16.8. The zero-order chi connectivity index (χ0) is 33.2. The maximum atomic E-state index is 7.75. The molecule has 0 aromatic heterocycles. The average molecular weight is 672 g/mol. The van der Waals surface area contributed by atoms with Gasteiger partial charge in [0.15, 0.2) is 0 Å². The van der Waals surface area contributed by atoms with Gasteiger partial charge in [0.25, 0.3) is 0 Å². The largest absolute Gasteiger partial charge is 0.497 e. The van der Waals surface area contributed by atoms with Crippen LogP contribution in [0.5, 0.6) is 5.75 Å². The minimum atomic E-state index is -2.08. The molecule has 1 spiro atoms. The Morgan fingerprint density at radius 1 is 0.809 bits per heavy atom. The normalized spacial score (nSPS) is 27.8. The minimum Gasteiger partial charge on any atom is -0.497 e. The van der Waals surface area contributed by atoms with Gasteiger partial charge in [0, 0.05) is 34.2 Å². The molecule has 6 heteroatoms. The van der Waals surface area contributed by atoms with Crippen molar-refractivity contribution in [2.24, 2.45) is 5.92 Å². The second kappa shape index (κ2) is 14.8. The fourth-order valence-electron chi connectivity index (χ4n) is 9.86. The summed E-state index contributed by atoms with van der Waals surface area (Å²) in [4.78, 5) is 4.31. The van der Waals surface area contributed by atoms with Crippen molar-refractivity contribution in [2.45, 2.75) is 131 Å².